The fourth-order valence-electron chi connectivity index (χ4n) is 2.55. The number of nitrogens with zero attached hydrogens (tertiary/aromatic N) is 1. The van der Waals surface area contributed by atoms with Gasteiger partial charge in [-0.15, -0.1) is 0 Å². The maximum absolute atomic E-state index is 12.4. The third-order valence-electron chi connectivity index (χ3n) is 3.79. The summed E-state index contributed by atoms with van der Waals surface area (Å²) in [6.45, 7) is 13.4. The summed E-state index contributed by atoms with van der Waals surface area (Å²) in [6.07, 6.45) is 1.94. The van der Waals surface area contributed by atoms with Crippen LogP contribution in [0.2, 0.25) is 0 Å². The van der Waals surface area contributed by atoms with E-state index in [9.17, 15) is 4.79 Å². The van der Waals surface area contributed by atoms with Gasteiger partial charge in [-0.1, -0.05) is 13.8 Å². The number of rotatable bonds is 5. The van der Waals surface area contributed by atoms with E-state index in [1.54, 1.807) is 0 Å². The van der Waals surface area contributed by atoms with Crippen molar-refractivity contribution in [3.8, 4) is 0 Å². The molecule has 0 bridgehead atoms. The molecule has 102 valence electrons. The normalized spacial score (nSPS) is 12.6. The maximum atomic E-state index is 12.4. The summed E-state index contributed by atoms with van der Waals surface area (Å²) in [5.74, 6) is 0.0616. The van der Waals surface area contributed by atoms with Crippen LogP contribution in [-0.2, 0) is 13.0 Å². The highest BCUT2D eigenvalue weighted by Crippen LogP contribution is 2.22. The molecule has 1 N–H and O–H groups in total. The van der Waals surface area contributed by atoms with Crippen molar-refractivity contribution in [3.05, 3.63) is 22.5 Å². The molecular weight excluding hydrogens is 224 g/mol. The molecule has 1 aromatic heterocycles. The summed E-state index contributed by atoms with van der Waals surface area (Å²) in [5, 5.41) is 3.07. The smallest absolute Gasteiger partial charge is 0.268 e. The molecule has 0 saturated heterocycles. The Labute approximate surface area is 111 Å². The molecule has 3 heteroatoms. The molecule has 0 aliphatic heterocycles. The van der Waals surface area contributed by atoms with E-state index in [4.69, 9.17) is 0 Å². The summed E-state index contributed by atoms with van der Waals surface area (Å²) in [4.78, 5) is 12.4. The van der Waals surface area contributed by atoms with Gasteiger partial charge >= 0.3 is 0 Å². The Bertz CT molecular complexity index is 432. The molecule has 0 aliphatic carbocycles. The van der Waals surface area contributed by atoms with Crippen molar-refractivity contribution >= 4 is 5.91 Å². The summed E-state index contributed by atoms with van der Waals surface area (Å²) >= 11 is 0. The highest BCUT2D eigenvalue weighted by molar-refractivity contribution is 5.95. The van der Waals surface area contributed by atoms with Gasteiger partial charge in [0.25, 0.3) is 5.91 Å². The fourth-order valence-corrected chi connectivity index (χ4v) is 2.55. The number of hydrogen-bond acceptors (Lipinski definition) is 1. The standard InChI is InChI=1S/C15H26N2O/c1-7-10(4)16-15(18)14-11(5)13(8-2)12(6)17(14)9-3/h10H,7-9H2,1-6H3,(H,16,18)/t10-/m1/s1. The second-order valence-electron chi connectivity index (χ2n) is 4.92. The van der Waals surface area contributed by atoms with Crippen molar-refractivity contribution in [2.75, 3.05) is 0 Å². The predicted molar refractivity (Wildman–Crippen MR) is 76.2 cm³/mol. The van der Waals surface area contributed by atoms with Crippen LogP contribution >= 0.6 is 0 Å². The molecular formula is C15H26N2O. The van der Waals surface area contributed by atoms with Gasteiger partial charge < -0.3 is 9.88 Å². The van der Waals surface area contributed by atoms with E-state index in [2.05, 4.69) is 44.5 Å². The summed E-state index contributed by atoms with van der Waals surface area (Å²) < 4.78 is 2.13. The zero-order chi connectivity index (χ0) is 13.9. The average Bonchev–Trinajstić information content (AvgIpc) is 2.59. The van der Waals surface area contributed by atoms with E-state index >= 15 is 0 Å². The van der Waals surface area contributed by atoms with Crippen molar-refractivity contribution in [3.63, 3.8) is 0 Å². The molecule has 18 heavy (non-hydrogen) atoms. The first-order chi connectivity index (χ1) is 8.47. The van der Waals surface area contributed by atoms with Crippen LogP contribution < -0.4 is 5.32 Å². The molecule has 0 aromatic carbocycles. The van der Waals surface area contributed by atoms with Crippen LogP contribution in [0.15, 0.2) is 0 Å². The van der Waals surface area contributed by atoms with Crippen LogP contribution in [0.1, 0.15) is 61.4 Å². The summed E-state index contributed by atoms with van der Waals surface area (Å²) in [5.41, 5.74) is 4.52. The Kier molecular flexibility index (Phi) is 5.00. The lowest BCUT2D eigenvalue weighted by atomic mass is 10.1. The van der Waals surface area contributed by atoms with E-state index in [1.165, 1.54) is 11.3 Å². The Morgan fingerprint density at radius 2 is 1.89 bits per heavy atom. The van der Waals surface area contributed by atoms with Gasteiger partial charge in [0.1, 0.15) is 5.69 Å². The molecule has 1 atom stereocenters. The molecule has 3 nitrogen and oxygen atoms in total. The maximum Gasteiger partial charge on any atom is 0.268 e. The number of hydrogen-bond donors (Lipinski definition) is 1. The first-order valence-electron chi connectivity index (χ1n) is 6.97. The highest BCUT2D eigenvalue weighted by atomic mass is 16.2. The van der Waals surface area contributed by atoms with Gasteiger partial charge in [0.2, 0.25) is 0 Å². The zero-order valence-corrected chi connectivity index (χ0v) is 12.6. The van der Waals surface area contributed by atoms with Gasteiger partial charge in [-0.05, 0) is 51.7 Å². The molecule has 1 amide bonds. The van der Waals surface area contributed by atoms with Crippen LogP contribution in [0.5, 0.6) is 0 Å². The third kappa shape index (κ3) is 2.60. The number of aromatic nitrogens is 1. The fraction of sp³-hybridized carbons (Fsp3) is 0.667. The molecule has 0 fully saturated rings. The molecule has 0 aliphatic rings. The molecule has 1 heterocycles. The predicted octanol–water partition coefficient (Wildman–Crippen LogP) is 3.22. The summed E-state index contributed by atoms with van der Waals surface area (Å²) in [6, 6.07) is 0.225. The Morgan fingerprint density at radius 3 is 2.33 bits per heavy atom. The molecule has 1 aromatic rings. The minimum Gasteiger partial charge on any atom is -0.348 e. The van der Waals surface area contributed by atoms with E-state index in [0.717, 1.165) is 30.6 Å². The van der Waals surface area contributed by atoms with Crippen molar-refractivity contribution in [1.82, 2.24) is 9.88 Å². The van der Waals surface area contributed by atoms with Crippen molar-refractivity contribution in [1.29, 1.82) is 0 Å². The molecule has 0 unspecified atom stereocenters. The second-order valence-corrected chi connectivity index (χ2v) is 4.92. The first kappa shape index (κ1) is 14.8. The molecule has 0 radical (unpaired) electrons. The van der Waals surface area contributed by atoms with Crippen LogP contribution in [0.4, 0.5) is 0 Å². The molecule has 1 rings (SSSR count). The van der Waals surface area contributed by atoms with Gasteiger partial charge in [0.05, 0.1) is 0 Å². The van der Waals surface area contributed by atoms with Crippen molar-refractivity contribution in [2.24, 2.45) is 0 Å². The van der Waals surface area contributed by atoms with Crippen LogP contribution in [0.25, 0.3) is 0 Å². The quantitative estimate of drug-likeness (QED) is 0.855. The lowest BCUT2D eigenvalue weighted by molar-refractivity contribution is 0.0929. The topological polar surface area (TPSA) is 34.0 Å². The highest BCUT2D eigenvalue weighted by Gasteiger charge is 2.21. The van der Waals surface area contributed by atoms with Gasteiger partial charge in [0, 0.05) is 18.3 Å². The van der Waals surface area contributed by atoms with Gasteiger partial charge in [-0.2, -0.15) is 0 Å². The van der Waals surface area contributed by atoms with E-state index in [-0.39, 0.29) is 11.9 Å². The second kappa shape index (κ2) is 6.07. The third-order valence-corrected chi connectivity index (χ3v) is 3.79. The molecule has 0 spiro atoms. The van der Waals surface area contributed by atoms with Crippen LogP contribution in [0.3, 0.4) is 0 Å². The van der Waals surface area contributed by atoms with E-state index in [1.807, 2.05) is 6.92 Å². The van der Waals surface area contributed by atoms with Crippen molar-refractivity contribution in [2.45, 2.75) is 67.0 Å². The zero-order valence-electron chi connectivity index (χ0n) is 12.6. The van der Waals surface area contributed by atoms with Gasteiger partial charge in [-0.25, -0.2) is 0 Å². The minimum absolute atomic E-state index is 0.0616. The number of nitrogens with one attached hydrogen (secondary N) is 1. The average molecular weight is 250 g/mol. The van der Waals surface area contributed by atoms with Gasteiger partial charge in [0.15, 0.2) is 0 Å². The number of carbonyl (C=O) groups excluding carboxylic acids is 1. The molecule has 0 saturated carbocycles. The van der Waals surface area contributed by atoms with Gasteiger partial charge in [-0.3, -0.25) is 4.79 Å². The lowest BCUT2D eigenvalue weighted by Gasteiger charge is -2.14. The Balaban J connectivity index is 3.19. The Hall–Kier alpha value is -1.25. The minimum atomic E-state index is 0.0616. The first-order valence-corrected chi connectivity index (χ1v) is 6.97. The Morgan fingerprint density at radius 1 is 1.28 bits per heavy atom. The number of amides is 1. The van der Waals surface area contributed by atoms with Crippen LogP contribution in [-0.4, -0.2) is 16.5 Å². The largest absolute Gasteiger partial charge is 0.348 e. The van der Waals surface area contributed by atoms with E-state index in [0.29, 0.717) is 0 Å². The number of carbonyl (C=O) groups is 1. The SMILES string of the molecule is CCc1c(C)c(C(=O)N[C@H](C)CC)n(CC)c1C. The summed E-state index contributed by atoms with van der Waals surface area (Å²) in [7, 11) is 0. The van der Waals surface area contributed by atoms with Crippen LogP contribution in [0, 0.1) is 13.8 Å². The lowest BCUT2D eigenvalue weighted by Crippen LogP contribution is -2.33. The van der Waals surface area contributed by atoms with Crippen molar-refractivity contribution < 1.29 is 4.79 Å². The monoisotopic (exact) mass is 250 g/mol. The van der Waals surface area contributed by atoms with E-state index < -0.39 is 0 Å².